The van der Waals surface area contributed by atoms with E-state index in [1.165, 1.54) is 49.7 Å². The van der Waals surface area contributed by atoms with E-state index in [0.717, 1.165) is 30.7 Å². The lowest BCUT2D eigenvalue weighted by atomic mass is 9.85. The fraction of sp³-hybridized carbons (Fsp3) is 0.588. The number of carbonyl (C=O) groups is 1. The van der Waals surface area contributed by atoms with Gasteiger partial charge in [0, 0.05) is 12.0 Å². The predicted octanol–water partition coefficient (Wildman–Crippen LogP) is 4.64. The highest BCUT2D eigenvalue weighted by molar-refractivity contribution is 5.98. The van der Waals surface area contributed by atoms with Gasteiger partial charge in [-0.05, 0) is 42.7 Å². The van der Waals surface area contributed by atoms with E-state index >= 15 is 0 Å². The van der Waals surface area contributed by atoms with Gasteiger partial charge in [-0.3, -0.25) is 4.79 Å². The van der Waals surface area contributed by atoms with Gasteiger partial charge in [0.05, 0.1) is 0 Å². The molecule has 0 unspecified atom stereocenters. The number of fused-ring (bicyclic) bond motifs is 1. The topological polar surface area (TPSA) is 17.1 Å². The largest absolute Gasteiger partial charge is 0.294 e. The van der Waals surface area contributed by atoms with Crippen LogP contribution >= 0.6 is 0 Å². The lowest BCUT2D eigenvalue weighted by Gasteiger charge is -2.19. The van der Waals surface area contributed by atoms with E-state index in [9.17, 15) is 4.79 Å². The standard InChI is InChI=1S/C17H22O/c18-17-9-5-8-15-12-14(10-11-16(15)17)13-6-3-1-2-4-7-13/h10-13H,1-9H2. The van der Waals surface area contributed by atoms with Crippen molar-refractivity contribution in [2.75, 3.05) is 0 Å². The summed E-state index contributed by atoms with van der Waals surface area (Å²) >= 11 is 0. The second-order valence-electron chi connectivity index (χ2n) is 5.88. The molecule has 0 N–H and O–H groups in total. The first kappa shape index (κ1) is 12.0. The van der Waals surface area contributed by atoms with Crippen LogP contribution in [0.15, 0.2) is 18.2 Å². The minimum atomic E-state index is 0.351. The Bertz CT molecular complexity index is 439. The average Bonchev–Trinajstić information content (AvgIpc) is 2.67. The van der Waals surface area contributed by atoms with Crippen molar-refractivity contribution in [3.63, 3.8) is 0 Å². The van der Waals surface area contributed by atoms with Crippen molar-refractivity contribution in [2.24, 2.45) is 0 Å². The molecule has 0 amide bonds. The molecule has 1 aromatic rings. The number of hydrogen-bond acceptors (Lipinski definition) is 1. The molecule has 2 aliphatic carbocycles. The number of Topliss-reactive ketones (excluding diaryl/α,β-unsaturated/α-hetero) is 1. The van der Waals surface area contributed by atoms with Gasteiger partial charge in [0.25, 0.3) is 0 Å². The molecular weight excluding hydrogens is 220 g/mol. The van der Waals surface area contributed by atoms with E-state index in [0.29, 0.717) is 5.78 Å². The molecule has 3 rings (SSSR count). The third-order valence-electron chi connectivity index (χ3n) is 4.61. The Kier molecular flexibility index (Phi) is 3.49. The van der Waals surface area contributed by atoms with Crippen LogP contribution in [0.1, 0.15) is 78.8 Å². The Morgan fingerprint density at radius 1 is 0.889 bits per heavy atom. The normalized spacial score (nSPS) is 21.4. The highest BCUT2D eigenvalue weighted by atomic mass is 16.1. The van der Waals surface area contributed by atoms with Crippen LogP contribution in [0.2, 0.25) is 0 Å². The van der Waals surface area contributed by atoms with Gasteiger partial charge < -0.3 is 0 Å². The third kappa shape index (κ3) is 2.36. The zero-order valence-corrected chi connectivity index (χ0v) is 11.1. The molecule has 1 saturated carbocycles. The van der Waals surface area contributed by atoms with Crippen molar-refractivity contribution in [1.82, 2.24) is 0 Å². The van der Waals surface area contributed by atoms with Crippen LogP contribution in [0.4, 0.5) is 0 Å². The van der Waals surface area contributed by atoms with Gasteiger partial charge in [-0.15, -0.1) is 0 Å². The van der Waals surface area contributed by atoms with Crippen LogP contribution in [0.3, 0.4) is 0 Å². The Morgan fingerprint density at radius 3 is 2.44 bits per heavy atom. The average molecular weight is 242 g/mol. The molecule has 18 heavy (non-hydrogen) atoms. The van der Waals surface area contributed by atoms with Crippen LogP contribution in [0.25, 0.3) is 0 Å². The molecule has 0 aliphatic heterocycles. The van der Waals surface area contributed by atoms with Crippen LogP contribution in [-0.4, -0.2) is 5.78 Å². The van der Waals surface area contributed by atoms with E-state index in [1.807, 2.05) is 0 Å². The Labute approximate surface area is 110 Å². The molecule has 1 heteroatoms. The fourth-order valence-electron chi connectivity index (χ4n) is 3.53. The van der Waals surface area contributed by atoms with Crippen LogP contribution in [0.5, 0.6) is 0 Å². The zero-order chi connectivity index (χ0) is 12.4. The molecule has 2 aliphatic rings. The van der Waals surface area contributed by atoms with Gasteiger partial charge >= 0.3 is 0 Å². The van der Waals surface area contributed by atoms with Crippen molar-refractivity contribution < 1.29 is 4.79 Å². The van der Waals surface area contributed by atoms with Crippen LogP contribution in [0, 0.1) is 0 Å². The molecule has 0 aromatic heterocycles. The summed E-state index contributed by atoms with van der Waals surface area (Å²) in [6.07, 6.45) is 11.1. The number of carbonyl (C=O) groups excluding carboxylic acids is 1. The molecule has 0 saturated heterocycles. The molecule has 0 radical (unpaired) electrons. The maximum Gasteiger partial charge on any atom is 0.163 e. The van der Waals surface area contributed by atoms with Crippen molar-refractivity contribution in [2.45, 2.75) is 63.7 Å². The summed E-state index contributed by atoms with van der Waals surface area (Å²) in [7, 11) is 0. The molecule has 1 aromatic carbocycles. The van der Waals surface area contributed by atoms with Gasteiger partial charge in [-0.1, -0.05) is 43.9 Å². The quantitative estimate of drug-likeness (QED) is 0.655. The summed E-state index contributed by atoms with van der Waals surface area (Å²) in [6.45, 7) is 0. The van der Waals surface area contributed by atoms with Crippen molar-refractivity contribution in [1.29, 1.82) is 0 Å². The molecule has 1 fully saturated rings. The smallest absolute Gasteiger partial charge is 0.163 e. The molecule has 1 nitrogen and oxygen atoms in total. The van der Waals surface area contributed by atoms with E-state index in [-0.39, 0.29) is 0 Å². The Morgan fingerprint density at radius 2 is 1.67 bits per heavy atom. The van der Waals surface area contributed by atoms with Gasteiger partial charge in [-0.2, -0.15) is 0 Å². The number of rotatable bonds is 1. The lowest BCUT2D eigenvalue weighted by Crippen LogP contribution is -2.11. The highest BCUT2D eigenvalue weighted by Crippen LogP contribution is 2.33. The van der Waals surface area contributed by atoms with Gasteiger partial charge in [0.1, 0.15) is 0 Å². The van der Waals surface area contributed by atoms with Crippen LogP contribution in [-0.2, 0) is 6.42 Å². The lowest BCUT2D eigenvalue weighted by molar-refractivity contribution is 0.0972. The summed E-state index contributed by atoms with van der Waals surface area (Å²) < 4.78 is 0. The first-order valence-electron chi connectivity index (χ1n) is 7.50. The monoisotopic (exact) mass is 242 g/mol. The van der Waals surface area contributed by atoms with Gasteiger partial charge in [0.2, 0.25) is 0 Å². The molecular formula is C17H22O. The minimum absolute atomic E-state index is 0.351. The second-order valence-corrected chi connectivity index (χ2v) is 5.88. The predicted molar refractivity (Wildman–Crippen MR) is 74.2 cm³/mol. The first-order chi connectivity index (χ1) is 8.84. The number of ketones is 1. The first-order valence-corrected chi connectivity index (χ1v) is 7.50. The fourth-order valence-corrected chi connectivity index (χ4v) is 3.53. The summed E-state index contributed by atoms with van der Waals surface area (Å²) in [5, 5.41) is 0. The molecule has 0 heterocycles. The van der Waals surface area contributed by atoms with E-state index in [4.69, 9.17) is 0 Å². The summed E-state index contributed by atoms with van der Waals surface area (Å²) in [6, 6.07) is 6.65. The van der Waals surface area contributed by atoms with Crippen LogP contribution < -0.4 is 0 Å². The summed E-state index contributed by atoms with van der Waals surface area (Å²) in [5.74, 6) is 1.10. The number of benzene rings is 1. The second kappa shape index (κ2) is 5.26. The van der Waals surface area contributed by atoms with Crippen molar-refractivity contribution in [3.8, 4) is 0 Å². The number of aryl methyl sites for hydroxylation is 1. The summed E-state index contributed by atoms with van der Waals surface area (Å²) in [4.78, 5) is 11.8. The third-order valence-corrected chi connectivity index (χ3v) is 4.61. The van der Waals surface area contributed by atoms with E-state index in [2.05, 4.69) is 18.2 Å². The maximum absolute atomic E-state index is 11.8. The van der Waals surface area contributed by atoms with Gasteiger partial charge in [0.15, 0.2) is 5.78 Å². The van der Waals surface area contributed by atoms with E-state index < -0.39 is 0 Å². The van der Waals surface area contributed by atoms with Crippen molar-refractivity contribution in [3.05, 3.63) is 34.9 Å². The number of hydrogen-bond donors (Lipinski definition) is 0. The summed E-state index contributed by atoms with van der Waals surface area (Å²) in [5.41, 5.74) is 3.80. The van der Waals surface area contributed by atoms with E-state index in [1.54, 1.807) is 0 Å². The SMILES string of the molecule is O=C1CCCc2cc(C3CCCCCC3)ccc21. The van der Waals surface area contributed by atoms with Crippen molar-refractivity contribution >= 4 is 5.78 Å². The minimum Gasteiger partial charge on any atom is -0.294 e. The maximum atomic E-state index is 11.8. The molecule has 0 atom stereocenters. The van der Waals surface area contributed by atoms with Gasteiger partial charge in [-0.25, -0.2) is 0 Å². The highest BCUT2D eigenvalue weighted by Gasteiger charge is 2.20. The Balaban J connectivity index is 1.86. The molecule has 0 bridgehead atoms. The molecule has 0 spiro atoms. The zero-order valence-electron chi connectivity index (χ0n) is 11.1. The molecule has 96 valence electrons. The Hall–Kier alpha value is -1.11.